The van der Waals surface area contributed by atoms with Crippen LogP contribution in [0.1, 0.15) is 120 Å². The Balaban J connectivity index is 0.000000220. The van der Waals surface area contributed by atoms with Gasteiger partial charge in [-0.25, -0.2) is 0 Å². The van der Waals surface area contributed by atoms with Gasteiger partial charge >= 0.3 is 5.97 Å². The predicted molar refractivity (Wildman–Crippen MR) is 191 cm³/mol. The van der Waals surface area contributed by atoms with Crippen molar-refractivity contribution in [1.29, 1.82) is 0 Å². The fourth-order valence-electron chi connectivity index (χ4n) is 7.13. The second-order valence-electron chi connectivity index (χ2n) is 13.1. The van der Waals surface area contributed by atoms with E-state index in [1.165, 1.54) is 55.2 Å². The minimum Gasteiger partial charge on any atom is -0.480 e. The molecule has 2 atom stereocenters. The molecule has 0 spiro atoms. The average Bonchev–Trinajstić information content (AvgIpc) is 3.78. The number of piperidine rings is 1. The highest BCUT2D eigenvalue weighted by molar-refractivity contribution is 5.74. The molecule has 1 aromatic heterocycles. The van der Waals surface area contributed by atoms with E-state index < -0.39 is 5.97 Å². The molecule has 3 heterocycles. The smallest absolute Gasteiger partial charge is 0.321 e. The van der Waals surface area contributed by atoms with Crippen LogP contribution in [0.25, 0.3) is 0 Å². The van der Waals surface area contributed by atoms with Crippen molar-refractivity contribution in [2.45, 2.75) is 116 Å². The van der Waals surface area contributed by atoms with Crippen LogP contribution in [-0.4, -0.2) is 65.3 Å². The number of hydrogen-bond donors (Lipinski definition) is 1. The van der Waals surface area contributed by atoms with E-state index in [0.717, 1.165) is 64.0 Å². The standard InChI is InChI=1S/C18H25NO2.C17H22N2O.C3H8.C2H6/c20-18(21)17(15-9-5-2-6-10-15)19-12-11-16(13-19)14-7-3-1-4-8-14;1-19-11-9-15(10-12-19)17-16(13-18-20-17)8-7-14-5-3-2-4-6-14;1-3-2;1-2/h1,3-4,7-8,15-17H,2,5-6,9-13H2,(H,20,21);2-6,13,15H,7-12H2,1H3;3H2,1-2H3;1-2H3/t16-,17-;;;/m1.../s1. The van der Waals surface area contributed by atoms with Crippen molar-refractivity contribution in [2.75, 3.05) is 33.2 Å². The molecule has 6 rings (SSSR count). The van der Waals surface area contributed by atoms with Crippen LogP contribution < -0.4 is 0 Å². The topological polar surface area (TPSA) is 69.8 Å². The molecule has 6 heteroatoms. The zero-order valence-corrected chi connectivity index (χ0v) is 29.4. The van der Waals surface area contributed by atoms with Gasteiger partial charge in [0.15, 0.2) is 0 Å². The molecule has 46 heavy (non-hydrogen) atoms. The first-order valence-corrected chi connectivity index (χ1v) is 18.2. The molecule has 3 aromatic rings. The number of nitrogens with zero attached hydrogens (tertiary/aromatic N) is 3. The summed E-state index contributed by atoms with van der Waals surface area (Å²) < 4.78 is 5.56. The molecule has 1 N–H and O–H groups in total. The average molecular weight is 632 g/mol. The molecule has 2 saturated heterocycles. The van der Waals surface area contributed by atoms with Crippen molar-refractivity contribution in [3.63, 3.8) is 0 Å². The zero-order valence-electron chi connectivity index (χ0n) is 29.4. The Bertz CT molecular complexity index is 1200. The molecule has 6 nitrogen and oxygen atoms in total. The van der Waals surface area contributed by atoms with Crippen LogP contribution in [0, 0.1) is 5.92 Å². The van der Waals surface area contributed by atoms with E-state index in [-0.39, 0.29) is 6.04 Å². The lowest BCUT2D eigenvalue weighted by molar-refractivity contribution is -0.145. The number of aliphatic carboxylic acids is 1. The normalized spacial score (nSPS) is 19.9. The summed E-state index contributed by atoms with van der Waals surface area (Å²) in [5.74, 6) is 1.92. The first kappa shape index (κ1) is 37.5. The Morgan fingerprint density at radius 2 is 1.43 bits per heavy atom. The molecule has 254 valence electrons. The van der Waals surface area contributed by atoms with E-state index >= 15 is 0 Å². The van der Waals surface area contributed by atoms with Crippen molar-refractivity contribution in [2.24, 2.45) is 5.92 Å². The van der Waals surface area contributed by atoms with Crippen LogP contribution in [-0.2, 0) is 17.6 Å². The van der Waals surface area contributed by atoms with Gasteiger partial charge < -0.3 is 14.5 Å². The maximum Gasteiger partial charge on any atom is 0.321 e. The molecule has 1 aliphatic carbocycles. The number of hydrogen-bond acceptors (Lipinski definition) is 5. The van der Waals surface area contributed by atoms with Crippen LogP contribution in [0.4, 0.5) is 0 Å². The molecule has 0 bridgehead atoms. The maximum atomic E-state index is 11.8. The summed E-state index contributed by atoms with van der Waals surface area (Å²) in [5.41, 5.74) is 4.03. The number of carbonyl (C=O) groups is 1. The van der Waals surface area contributed by atoms with Gasteiger partial charge in [-0.2, -0.15) is 0 Å². The summed E-state index contributed by atoms with van der Waals surface area (Å²) in [6.07, 6.45) is 14.5. The van der Waals surface area contributed by atoms with Gasteiger partial charge in [-0.15, -0.1) is 0 Å². The molecule has 1 saturated carbocycles. The number of likely N-dealkylation sites (tertiary alicyclic amines) is 2. The lowest BCUT2D eigenvalue weighted by Gasteiger charge is -2.33. The Labute approximate surface area is 279 Å². The van der Waals surface area contributed by atoms with Gasteiger partial charge in [0.1, 0.15) is 11.8 Å². The van der Waals surface area contributed by atoms with Gasteiger partial charge in [0.2, 0.25) is 0 Å². The lowest BCUT2D eigenvalue weighted by Crippen LogP contribution is -2.45. The van der Waals surface area contributed by atoms with Gasteiger partial charge in [0.05, 0.1) is 6.20 Å². The number of aromatic nitrogens is 1. The second-order valence-corrected chi connectivity index (χ2v) is 13.1. The Morgan fingerprint density at radius 1 is 0.848 bits per heavy atom. The second kappa shape index (κ2) is 21.0. The van der Waals surface area contributed by atoms with E-state index in [4.69, 9.17) is 4.52 Å². The largest absolute Gasteiger partial charge is 0.480 e. The molecule has 2 aliphatic heterocycles. The third-order valence-corrected chi connectivity index (χ3v) is 9.52. The maximum absolute atomic E-state index is 11.8. The molecule has 2 aromatic carbocycles. The van der Waals surface area contributed by atoms with Gasteiger partial charge in [-0.05, 0) is 94.6 Å². The summed E-state index contributed by atoms with van der Waals surface area (Å²) >= 11 is 0. The summed E-state index contributed by atoms with van der Waals surface area (Å²) in [7, 11) is 2.19. The third-order valence-electron chi connectivity index (χ3n) is 9.52. The molecule has 0 amide bonds. The number of benzene rings is 2. The highest BCUT2D eigenvalue weighted by Gasteiger charge is 2.38. The van der Waals surface area contributed by atoms with Crippen LogP contribution in [0.15, 0.2) is 71.4 Å². The van der Waals surface area contributed by atoms with Crippen LogP contribution in [0.3, 0.4) is 0 Å². The summed E-state index contributed by atoms with van der Waals surface area (Å²) in [4.78, 5) is 16.4. The molecule has 0 radical (unpaired) electrons. The monoisotopic (exact) mass is 631 g/mol. The van der Waals surface area contributed by atoms with Crippen molar-refractivity contribution in [3.8, 4) is 0 Å². The van der Waals surface area contributed by atoms with E-state index in [1.54, 1.807) is 0 Å². The van der Waals surface area contributed by atoms with Gasteiger partial charge in [-0.3, -0.25) is 9.69 Å². The zero-order chi connectivity index (χ0) is 33.1. The number of carboxylic acids is 1. The molecule has 3 fully saturated rings. The lowest BCUT2D eigenvalue weighted by atomic mass is 9.83. The Hall–Kier alpha value is -2.96. The first-order chi connectivity index (χ1) is 22.5. The van der Waals surface area contributed by atoms with E-state index in [1.807, 2.05) is 26.1 Å². The molecule has 3 aliphatic rings. The Kier molecular flexibility index (Phi) is 17.1. The van der Waals surface area contributed by atoms with Crippen LogP contribution in [0.2, 0.25) is 0 Å². The highest BCUT2D eigenvalue weighted by atomic mass is 16.5. The minimum atomic E-state index is -0.615. The third kappa shape index (κ3) is 11.7. The van der Waals surface area contributed by atoms with Crippen LogP contribution >= 0.6 is 0 Å². The molecule has 0 unspecified atom stereocenters. The highest BCUT2D eigenvalue weighted by Crippen LogP contribution is 2.35. The van der Waals surface area contributed by atoms with E-state index in [2.05, 4.69) is 90.4 Å². The van der Waals surface area contributed by atoms with Crippen molar-refractivity contribution < 1.29 is 14.4 Å². The van der Waals surface area contributed by atoms with Crippen molar-refractivity contribution in [3.05, 3.63) is 89.3 Å². The predicted octanol–water partition coefficient (Wildman–Crippen LogP) is 9.22. The first-order valence-electron chi connectivity index (χ1n) is 18.2. The van der Waals surface area contributed by atoms with E-state index in [0.29, 0.717) is 17.8 Å². The summed E-state index contributed by atoms with van der Waals surface area (Å²) in [6, 6.07) is 20.9. The fourth-order valence-corrected chi connectivity index (χ4v) is 7.13. The number of carboxylic acid groups (broad SMARTS) is 1. The number of rotatable bonds is 8. The Morgan fingerprint density at radius 3 is 2.04 bits per heavy atom. The molecular formula is C40H61N3O3. The quantitative estimate of drug-likeness (QED) is 0.267. The van der Waals surface area contributed by atoms with Crippen molar-refractivity contribution >= 4 is 5.97 Å². The fraction of sp³-hybridized carbons (Fsp3) is 0.600. The van der Waals surface area contributed by atoms with Gasteiger partial charge in [0.25, 0.3) is 0 Å². The van der Waals surface area contributed by atoms with Gasteiger partial charge in [0, 0.05) is 18.0 Å². The minimum absolute atomic E-state index is 0.265. The van der Waals surface area contributed by atoms with E-state index in [9.17, 15) is 9.90 Å². The SMILES string of the molecule is CC.CCC.CN1CCC(c2oncc2CCc2ccccc2)CC1.O=C(O)[C@@H](C1CCCCC1)N1CC[C@@H](c2ccccc2)C1. The summed E-state index contributed by atoms with van der Waals surface area (Å²) in [6.45, 7) is 12.4. The van der Waals surface area contributed by atoms with Gasteiger partial charge in [-0.1, -0.05) is 119 Å². The van der Waals surface area contributed by atoms with Crippen molar-refractivity contribution in [1.82, 2.24) is 15.0 Å². The van der Waals surface area contributed by atoms with Crippen LogP contribution in [0.5, 0.6) is 0 Å². The summed E-state index contributed by atoms with van der Waals surface area (Å²) in [5, 5.41) is 13.7. The molecular weight excluding hydrogens is 570 g/mol. The number of aryl methyl sites for hydroxylation is 2.